The van der Waals surface area contributed by atoms with Crippen molar-refractivity contribution >= 4 is 5.78 Å². The average molecular weight is 291 g/mol. The van der Waals surface area contributed by atoms with Gasteiger partial charge in [0, 0.05) is 13.1 Å². The minimum absolute atomic E-state index is 0.128. The number of benzene rings is 1. The number of hydrogen-bond acceptors (Lipinski definition) is 4. The first kappa shape index (κ1) is 16.0. The third kappa shape index (κ3) is 4.29. The topological polar surface area (TPSA) is 38.8 Å². The number of nitrogens with zero attached hydrogens (tertiary/aromatic N) is 1. The average Bonchev–Trinajstić information content (AvgIpc) is 2.48. The maximum Gasteiger partial charge on any atom is 0.180 e. The summed E-state index contributed by atoms with van der Waals surface area (Å²) in [5.41, 5.74) is 1.87. The van der Waals surface area contributed by atoms with Gasteiger partial charge in [-0.1, -0.05) is 19.9 Å². The lowest BCUT2D eigenvalue weighted by Crippen LogP contribution is -2.39. The molecule has 2 rings (SSSR count). The maximum atomic E-state index is 12.6. The predicted octanol–water partition coefficient (Wildman–Crippen LogP) is 2.72. The Morgan fingerprint density at radius 3 is 2.67 bits per heavy atom. The van der Waals surface area contributed by atoms with Crippen LogP contribution in [0.25, 0.3) is 0 Å². The second-order valence-electron chi connectivity index (χ2n) is 5.66. The molecule has 0 N–H and O–H groups in total. The Balaban J connectivity index is 2.17. The molecule has 0 unspecified atom stereocenters. The molecule has 1 aliphatic heterocycles. The minimum Gasteiger partial charge on any atom is -0.493 e. The van der Waals surface area contributed by atoms with E-state index in [9.17, 15) is 4.79 Å². The Hall–Kier alpha value is -1.39. The van der Waals surface area contributed by atoms with Gasteiger partial charge in [-0.15, -0.1) is 0 Å². The largest absolute Gasteiger partial charge is 0.493 e. The summed E-state index contributed by atoms with van der Waals surface area (Å²) in [4.78, 5) is 14.8. The number of carbonyl (C=O) groups is 1. The van der Waals surface area contributed by atoms with Crippen molar-refractivity contribution in [3.05, 3.63) is 29.3 Å². The molecule has 1 fully saturated rings. The molecule has 0 bridgehead atoms. The van der Waals surface area contributed by atoms with E-state index in [1.165, 1.54) is 5.56 Å². The Labute approximate surface area is 127 Å². The number of ketones is 1. The van der Waals surface area contributed by atoms with Crippen molar-refractivity contribution in [3.8, 4) is 5.75 Å². The molecule has 0 spiro atoms. The number of ether oxygens (including phenoxy) is 2. The van der Waals surface area contributed by atoms with Crippen LogP contribution in [0.3, 0.4) is 0 Å². The van der Waals surface area contributed by atoms with Crippen molar-refractivity contribution in [3.63, 3.8) is 0 Å². The van der Waals surface area contributed by atoms with Gasteiger partial charge in [0.05, 0.1) is 31.9 Å². The molecule has 1 heterocycles. The summed E-state index contributed by atoms with van der Waals surface area (Å²) in [6.45, 7) is 10.3. The molecule has 1 aromatic carbocycles. The van der Waals surface area contributed by atoms with Gasteiger partial charge in [0.25, 0.3) is 0 Å². The zero-order valence-corrected chi connectivity index (χ0v) is 13.2. The van der Waals surface area contributed by atoms with Crippen molar-refractivity contribution < 1.29 is 14.3 Å². The monoisotopic (exact) mass is 291 g/mol. The summed E-state index contributed by atoms with van der Waals surface area (Å²) in [5.74, 6) is 1.22. The third-order valence-electron chi connectivity index (χ3n) is 3.74. The van der Waals surface area contributed by atoms with E-state index in [1.807, 2.05) is 25.1 Å². The van der Waals surface area contributed by atoms with E-state index in [2.05, 4.69) is 18.7 Å². The van der Waals surface area contributed by atoms with E-state index in [1.54, 1.807) is 0 Å². The highest BCUT2D eigenvalue weighted by Gasteiger charge is 2.19. The second kappa shape index (κ2) is 7.57. The van der Waals surface area contributed by atoms with Gasteiger partial charge in [-0.3, -0.25) is 9.69 Å². The molecule has 1 aliphatic rings. The van der Waals surface area contributed by atoms with Crippen LogP contribution in [0.1, 0.15) is 42.6 Å². The fourth-order valence-electron chi connectivity index (χ4n) is 2.45. The summed E-state index contributed by atoms with van der Waals surface area (Å²) in [5, 5.41) is 0. The van der Waals surface area contributed by atoms with Gasteiger partial charge in [-0.2, -0.15) is 0 Å². The minimum atomic E-state index is 0.128. The Kier molecular flexibility index (Phi) is 5.76. The smallest absolute Gasteiger partial charge is 0.180 e. The number of rotatable bonds is 6. The van der Waals surface area contributed by atoms with Crippen LogP contribution in [0, 0.1) is 0 Å². The molecule has 21 heavy (non-hydrogen) atoms. The Morgan fingerprint density at radius 1 is 1.33 bits per heavy atom. The van der Waals surface area contributed by atoms with Crippen LogP contribution in [0.15, 0.2) is 18.2 Å². The van der Waals surface area contributed by atoms with Crippen LogP contribution in [-0.2, 0) is 4.74 Å². The summed E-state index contributed by atoms with van der Waals surface area (Å²) in [7, 11) is 0. The standard InChI is InChI=1S/C17H25NO3/c1-4-21-17-6-5-14(13(2)3)11-15(17)16(19)12-18-7-9-20-10-8-18/h5-6,11,13H,4,7-10,12H2,1-3H3. The van der Waals surface area contributed by atoms with Gasteiger partial charge < -0.3 is 9.47 Å². The molecule has 1 aromatic rings. The number of hydrogen-bond donors (Lipinski definition) is 0. The Bertz CT molecular complexity index is 479. The predicted molar refractivity (Wildman–Crippen MR) is 83.3 cm³/mol. The van der Waals surface area contributed by atoms with Crippen LogP contribution < -0.4 is 4.74 Å². The molecule has 4 heteroatoms. The zero-order chi connectivity index (χ0) is 15.2. The van der Waals surface area contributed by atoms with Gasteiger partial charge >= 0.3 is 0 Å². The van der Waals surface area contributed by atoms with Gasteiger partial charge in [-0.25, -0.2) is 0 Å². The highest BCUT2D eigenvalue weighted by atomic mass is 16.5. The van der Waals surface area contributed by atoms with Crippen molar-refractivity contribution in [1.82, 2.24) is 4.90 Å². The SMILES string of the molecule is CCOc1ccc(C(C)C)cc1C(=O)CN1CCOCC1. The fourth-order valence-corrected chi connectivity index (χ4v) is 2.45. The van der Waals surface area contributed by atoms with Crippen LogP contribution in [0.2, 0.25) is 0 Å². The molecule has 1 saturated heterocycles. The third-order valence-corrected chi connectivity index (χ3v) is 3.74. The van der Waals surface area contributed by atoms with Crippen LogP contribution in [0.5, 0.6) is 5.75 Å². The van der Waals surface area contributed by atoms with Crippen molar-refractivity contribution in [2.24, 2.45) is 0 Å². The molecule has 4 nitrogen and oxygen atoms in total. The number of Topliss-reactive ketones (excluding diaryl/α,β-unsaturated/α-hetero) is 1. The van der Waals surface area contributed by atoms with Crippen molar-refractivity contribution in [1.29, 1.82) is 0 Å². The second-order valence-corrected chi connectivity index (χ2v) is 5.66. The van der Waals surface area contributed by atoms with E-state index in [0.717, 1.165) is 13.1 Å². The van der Waals surface area contributed by atoms with Crippen molar-refractivity contribution in [2.75, 3.05) is 39.5 Å². The lowest BCUT2D eigenvalue weighted by atomic mass is 9.98. The summed E-state index contributed by atoms with van der Waals surface area (Å²) < 4.78 is 10.9. The molecule has 0 saturated carbocycles. The molecular weight excluding hydrogens is 266 g/mol. The quantitative estimate of drug-likeness (QED) is 0.755. The van der Waals surface area contributed by atoms with Crippen LogP contribution >= 0.6 is 0 Å². The van der Waals surface area contributed by atoms with Gasteiger partial charge in [0.15, 0.2) is 5.78 Å². The van der Waals surface area contributed by atoms with Gasteiger partial charge in [0.2, 0.25) is 0 Å². The molecule has 116 valence electrons. The first-order valence-corrected chi connectivity index (χ1v) is 7.72. The van der Waals surface area contributed by atoms with E-state index in [0.29, 0.717) is 43.6 Å². The highest BCUT2D eigenvalue weighted by Crippen LogP contribution is 2.25. The summed E-state index contributed by atoms with van der Waals surface area (Å²) in [6, 6.07) is 5.95. The summed E-state index contributed by atoms with van der Waals surface area (Å²) >= 11 is 0. The van der Waals surface area contributed by atoms with Crippen molar-refractivity contribution in [2.45, 2.75) is 26.7 Å². The molecular formula is C17H25NO3. The molecule has 0 aromatic heterocycles. The van der Waals surface area contributed by atoms with E-state index in [-0.39, 0.29) is 5.78 Å². The number of morpholine rings is 1. The van der Waals surface area contributed by atoms with E-state index >= 15 is 0 Å². The molecule has 0 atom stereocenters. The van der Waals surface area contributed by atoms with Gasteiger partial charge in [-0.05, 0) is 30.5 Å². The number of carbonyl (C=O) groups excluding carboxylic acids is 1. The van der Waals surface area contributed by atoms with Crippen LogP contribution in [0.4, 0.5) is 0 Å². The van der Waals surface area contributed by atoms with Gasteiger partial charge in [0.1, 0.15) is 5.75 Å². The first-order chi connectivity index (χ1) is 10.1. The molecule has 0 amide bonds. The normalized spacial score (nSPS) is 16.2. The van der Waals surface area contributed by atoms with E-state index in [4.69, 9.17) is 9.47 Å². The van der Waals surface area contributed by atoms with E-state index < -0.39 is 0 Å². The molecule has 0 radical (unpaired) electrons. The lowest BCUT2D eigenvalue weighted by Gasteiger charge is -2.26. The zero-order valence-electron chi connectivity index (χ0n) is 13.2. The fraction of sp³-hybridized carbons (Fsp3) is 0.588. The highest BCUT2D eigenvalue weighted by molar-refractivity contribution is 6.00. The molecule has 0 aliphatic carbocycles. The van der Waals surface area contributed by atoms with Crippen LogP contribution in [-0.4, -0.2) is 50.1 Å². The first-order valence-electron chi connectivity index (χ1n) is 7.72. The Morgan fingerprint density at radius 2 is 2.05 bits per heavy atom. The summed E-state index contributed by atoms with van der Waals surface area (Å²) in [6.07, 6.45) is 0. The lowest BCUT2D eigenvalue weighted by molar-refractivity contribution is 0.0370. The maximum absolute atomic E-state index is 12.6.